The van der Waals surface area contributed by atoms with Gasteiger partial charge in [0, 0.05) is 38.4 Å². The van der Waals surface area contributed by atoms with Crippen LogP contribution in [0.25, 0.3) is 0 Å². The molecule has 0 aliphatic carbocycles. The van der Waals surface area contributed by atoms with Crippen LogP contribution in [-0.4, -0.2) is 62.3 Å². The lowest BCUT2D eigenvalue weighted by Gasteiger charge is -2.38. The molecule has 1 unspecified atom stereocenters. The minimum absolute atomic E-state index is 0.0467. The summed E-state index contributed by atoms with van der Waals surface area (Å²) in [5.41, 5.74) is 2.16. The van der Waals surface area contributed by atoms with Crippen LogP contribution in [0.15, 0.2) is 47.4 Å². The second-order valence-electron chi connectivity index (χ2n) is 7.54. The van der Waals surface area contributed by atoms with E-state index in [1.54, 1.807) is 6.07 Å². The van der Waals surface area contributed by atoms with Crippen molar-refractivity contribution in [2.75, 3.05) is 37.6 Å². The zero-order valence-corrected chi connectivity index (χ0v) is 18.9. The third-order valence-corrected chi connectivity index (χ3v) is 8.70. The number of hydrogen-bond donors (Lipinski definition) is 0. The van der Waals surface area contributed by atoms with Gasteiger partial charge in [-0.1, -0.05) is 47.5 Å². The van der Waals surface area contributed by atoms with Gasteiger partial charge in [0.2, 0.25) is 15.9 Å². The molecule has 160 valence electrons. The van der Waals surface area contributed by atoms with Crippen molar-refractivity contribution in [3.8, 4) is 0 Å². The summed E-state index contributed by atoms with van der Waals surface area (Å²) in [4.78, 5) is 16.9. The molecule has 2 aromatic rings. The first-order valence-corrected chi connectivity index (χ1v) is 12.1. The molecular formula is C21H23Cl2N3O3S. The van der Waals surface area contributed by atoms with Gasteiger partial charge in [0.25, 0.3) is 0 Å². The zero-order chi connectivity index (χ0) is 21.5. The lowest BCUT2D eigenvalue weighted by atomic mass is 10.1. The number of fused-ring (bicyclic) bond motifs is 1. The molecule has 2 aliphatic rings. The molecule has 0 N–H and O–H groups in total. The third kappa shape index (κ3) is 3.85. The summed E-state index contributed by atoms with van der Waals surface area (Å²) in [6.07, 6.45) is 0.860. The Bertz CT molecular complexity index is 1050. The van der Waals surface area contributed by atoms with Gasteiger partial charge in [-0.15, -0.1) is 0 Å². The first-order chi connectivity index (χ1) is 14.3. The molecule has 2 aliphatic heterocycles. The van der Waals surface area contributed by atoms with Gasteiger partial charge < -0.3 is 4.90 Å². The van der Waals surface area contributed by atoms with Gasteiger partial charge in [0.15, 0.2) is 0 Å². The second-order valence-corrected chi connectivity index (χ2v) is 10.2. The van der Waals surface area contributed by atoms with Crippen LogP contribution in [0.4, 0.5) is 5.69 Å². The number of hydrogen-bond acceptors (Lipinski definition) is 4. The van der Waals surface area contributed by atoms with E-state index in [9.17, 15) is 13.2 Å². The number of benzene rings is 2. The number of sulfonamides is 1. The zero-order valence-electron chi connectivity index (χ0n) is 16.6. The topological polar surface area (TPSA) is 60.9 Å². The largest absolute Gasteiger partial charge is 0.310 e. The highest BCUT2D eigenvalue weighted by atomic mass is 35.5. The van der Waals surface area contributed by atoms with E-state index < -0.39 is 10.0 Å². The molecule has 2 heterocycles. The molecule has 0 aromatic heterocycles. The summed E-state index contributed by atoms with van der Waals surface area (Å²) in [5, 5.41) is 0.224. The average Bonchev–Trinajstić information content (AvgIpc) is 3.16. The standard InChI is InChI=1S/C21H23Cl2N3O3S/c1-15(21(27)26-10-9-16-5-2-3-8-19(16)26)24-11-13-25(14-12-24)30(28,29)20-17(22)6-4-7-18(20)23/h2-8,15H,9-14H2,1H3. The number of para-hydroxylation sites is 1. The third-order valence-electron chi connectivity index (χ3n) is 5.85. The molecule has 30 heavy (non-hydrogen) atoms. The quantitative estimate of drug-likeness (QED) is 0.691. The van der Waals surface area contributed by atoms with Crippen molar-refractivity contribution < 1.29 is 13.2 Å². The molecule has 0 spiro atoms. The maximum atomic E-state index is 13.1. The van der Waals surface area contributed by atoms with Crippen molar-refractivity contribution in [1.82, 2.24) is 9.21 Å². The summed E-state index contributed by atoms with van der Waals surface area (Å²) in [6.45, 7) is 4.05. The van der Waals surface area contributed by atoms with E-state index in [4.69, 9.17) is 23.2 Å². The Morgan fingerprint density at radius 1 is 0.933 bits per heavy atom. The molecule has 0 radical (unpaired) electrons. The Kier molecular flexibility index (Phi) is 6.10. The summed E-state index contributed by atoms with van der Waals surface area (Å²) in [7, 11) is -3.80. The van der Waals surface area contributed by atoms with Crippen LogP contribution in [0.3, 0.4) is 0 Å². The van der Waals surface area contributed by atoms with E-state index in [2.05, 4.69) is 6.07 Å². The number of carbonyl (C=O) groups is 1. The van der Waals surface area contributed by atoms with Crippen LogP contribution in [0.1, 0.15) is 12.5 Å². The molecule has 9 heteroatoms. The van der Waals surface area contributed by atoms with Crippen molar-refractivity contribution in [2.45, 2.75) is 24.3 Å². The van der Waals surface area contributed by atoms with Gasteiger partial charge in [-0.25, -0.2) is 8.42 Å². The summed E-state index contributed by atoms with van der Waals surface area (Å²) in [6, 6.07) is 12.3. The first-order valence-electron chi connectivity index (χ1n) is 9.88. The SMILES string of the molecule is CC(C(=O)N1CCc2ccccc21)N1CCN(S(=O)(=O)c2c(Cl)cccc2Cl)CC1. The Balaban J connectivity index is 1.44. The van der Waals surface area contributed by atoms with Crippen LogP contribution in [0.2, 0.25) is 10.0 Å². The minimum atomic E-state index is -3.80. The van der Waals surface area contributed by atoms with Crippen LogP contribution >= 0.6 is 23.2 Å². The molecule has 0 bridgehead atoms. The van der Waals surface area contributed by atoms with Crippen LogP contribution in [0, 0.1) is 0 Å². The maximum absolute atomic E-state index is 13.1. The van der Waals surface area contributed by atoms with E-state index >= 15 is 0 Å². The van der Waals surface area contributed by atoms with E-state index in [0.717, 1.165) is 12.1 Å². The van der Waals surface area contributed by atoms with Crippen molar-refractivity contribution in [3.63, 3.8) is 0 Å². The molecule has 4 rings (SSSR count). The number of carbonyl (C=O) groups excluding carboxylic acids is 1. The van der Waals surface area contributed by atoms with Gasteiger partial charge in [0.05, 0.1) is 16.1 Å². The van der Waals surface area contributed by atoms with Crippen molar-refractivity contribution in [2.24, 2.45) is 0 Å². The lowest BCUT2D eigenvalue weighted by molar-refractivity contribution is -0.123. The number of halogens is 2. The normalized spacial score (nSPS) is 19.0. The van der Waals surface area contributed by atoms with Gasteiger partial charge in [-0.05, 0) is 37.1 Å². The Hall–Kier alpha value is -1.64. The van der Waals surface area contributed by atoms with E-state index in [0.29, 0.717) is 19.6 Å². The molecule has 0 saturated carbocycles. The Morgan fingerprint density at radius 2 is 1.57 bits per heavy atom. The fourth-order valence-corrected chi connectivity index (χ4v) is 6.65. The predicted molar refractivity (Wildman–Crippen MR) is 119 cm³/mol. The molecule has 1 amide bonds. The van der Waals surface area contributed by atoms with Gasteiger partial charge in [-0.2, -0.15) is 4.31 Å². The van der Waals surface area contributed by atoms with E-state index in [-0.39, 0.29) is 40.0 Å². The number of nitrogens with zero attached hydrogens (tertiary/aromatic N) is 3. The Labute approximate surface area is 187 Å². The van der Waals surface area contributed by atoms with Gasteiger partial charge in [-0.3, -0.25) is 9.69 Å². The van der Waals surface area contributed by atoms with Crippen molar-refractivity contribution >= 4 is 44.8 Å². The number of piperazine rings is 1. The van der Waals surface area contributed by atoms with E-state index in [1.165, 1.54) is 22.0 Å². The average molecular weight is 468 g/mol. The minimum Gasteiger partial charge on any atom is -0.310 e. The van der Waals surface area contributed by atoms with Gasteiger partial charge in [0.1, 0.15) is 4.90 Å². The van der Waals surface area contributed by atoms with Crippen molar-refractivity contribution in [3.05, 3.63) is 58.1 Å². The predicted octanol–water partition coefficient (Wildman–Crippen LogP) is 3.28. The molecule has 2 aromatic carbocycles. The monoisotopic (exact) mass is 467 g/mol. The number of rotatable bonds is 4. The summed E-state index contributed by atoms with van der Waals surface area (Å²) >= 11 is 12.2. The molecule has 1 atom stereocenters. The van der Waals surface area contributed by atoms with Crippen LogP contribution in [-0.2, 0) is 21.2 Å². The highest BCUT2D eigenvalue weighted by Gasteiger charge is 2.36. The summed E-state index contributed by atoms with van der Waals surface area (Å²) in [5.74, 6) is 0.0467. The highest BCUT2D eigenvalue weighted by Crippen LogP contribution is 2.32. The first kappa shape index (κ1) is 21.6. The lowest BCUT2D eigenvalue weighted by Crippen LogP contribution is -2.55. The molecule has 1 fully saturated rings. The van der Waals surface area contributed by atoms with Crippen LogP contribution < -0.4 is 4.90 Å². The number of amides is 1. The fraction of sp³-hybridized carbons (Fsp3) is 0.381. The van der Waals surface area contributed by atoms with Crippen LogP contribution in [0.5, 0.6) is 0 Å². The number of anilines is 1. The Morgan fingerprint density at radius 3 is 2.23 bits per heavy atom. The molecular weight excluding hydrogens is 445 g/mol. The summed E-state index contributed by atoms with van der Waals surface area (Å²) < 4.78 is 27.5. The highest BCUT2D eigenvalue weighted by molar-refractivity contribution is 7.89. The molecule has 1 saturated heterocycles. The maximum Gasteiger partial charge on any atom is 0.246 e. The van der Waals surface area contributed by atoms with Gasteiger partial charge >= 0.3 is 0 Å². The molecule has 6 nitrogen and oxygen atoms in total. The fourth-order valence-electron chi connectivity index (χ4n) is 4.14. The van der Waals surface area contributed by atoms with E-state index in [1.807, 2.05) is 34.9 Å². The smallest absolute Gasteiger partial charge is 0.246 e. The second kappa shape index (κ2) is 8.48. The van der Waals surface area contributed by atoms with Crippen molar-refractivity contribution in [1.29, 1.82) is 0 Å².